The molecule has 0 radical (unpaired) electrons. The maximum absolute atomic E-state index is 12.4. The molecule has 3 aromatic heterocycles. The summed E-state index contributed by atoms with van der Waals surface area (Å²) in [6.45, 7) is 4.41. The zero-order valence-corrected chi connectivity index (χ0v) is 13.2. The smallest absolute Gasteiger partial charge is 0.253 e. The van der Waals surface area contributed by atoms with E-state index in [0.29, 0.717) is 12.1 Å². The lowest BCUT2D eigenvalue weighted by atomic mass is 10.2. The standard InChI is InChI=1S/C16H16N4OS/c1-11-9-14(12(2)20(11)16-18-7-8-22-16)15(21)19-10-13-3-5-17-6-4-13/h3-9H,10H2,1-2H3,(H,19,21). The number of hydrogen-bond donors (Lipinski definition) is 1. The summed E-state index contributed by atoms with van der Waals surface area (Å²) in [6.07, 6.45) is 5.20. The lowest BCUT2D eigenvalue weighted by Gasteiger charge is -2.07. The maximum atomic E-state index is 12.4. The highest BCUT2D eigenvalue weighted by molar-refractivity contribution is 7.12. The maximum Gasteiger partial charge on any atom is 0.253 e. The molecule has 0 aliphatic rings. The monoisotopic (exact) mass is 312 g/mol. The van der Waals surface area contributed by atoms with Crippen LogP contribution in [-0.2, 0) is 6.54 Å². The first-order valence-electron chi connectivity index (χ1n) is 6.92. The fourth-order valence-electron chi connectivity index (χ4n) is 2.39. The van der Waals surface area contributed by atoms with E-state index in [1.807, 2.05) is 42.0 Å². The van der Waals surface area contributed by atoms with Gasteiger partial charge in [-0.1, -0.05) is 0 Å². The molecule has 22 heavy (non-hydrogen) atoms. The van der Waals surface area contributed by atoms with Gasteiger partial charge in [0.25, 0.3) is 5.91 Å². The lowest BCUT2D eigenvalue weighted by Crippen LogP contribution is -2.23. The van der Waals surface area contributed by atoms with Crippen LogP contribution in [0.2, 0.25) is 0 Å². The number of thiazole rings is 1. The number of pyridine rings is 1. The molecule has 0 aliphatic heterocycles. The third-order valence-corrected chi connectivity index (χ3v) is 4.25. The Morgan fingerprint density at radius 3 is 2.73 bits per heavy atom. The van der Waals surface area contributed by atoms with Crippen LogP contribution in [0.3, 0.4) is 0 Å². The van der Waals surface area contributed by atoms with Crippen molar-refractivity contribution in [3.05, 3.63) is 64.7 Å². The minimum absolute atomic E-state index is 0.0762. The van der Waals surface area contributed by atoms with E-state index in [0.717, 1.165) is 22.1 Å². The Bertz CT molecular complexity index is 778. The molecule has 1 amide bonds. The number of amides is 1. The summed E-state index contributed by atoms with van der Waals surface area (Å²) in [4.78, 5) is 20.7. The summed E-state index contributed by atoms with van der Waals surface area (Å²) < 4.78 is 2.01. The first-order valence-corrected chi connectivity index (χ1v) is 7.80. The second-order valence-corrected chi connectivity index (χ2v) is 5.85. The number of hydrogen-bond acceptors (Lipinski definition) is 4. The Morgan fingerprint density at radius 1 is 1.27 bits per heavy atom. The van der Waals surface area contributed by atoms with Crippen LogP contribution in [0.25, 0.3) is 5.13 Å². The molecule has 0 aliphatic carbocycles. The molecule has 0 aromatic carbocycles. The van der Waals surface area contributed by atoms with Crippen molar-refractivity contribution in [1.29, 1.82) is 0 Å². The van der Waals surface area contributed by atoms with Crippen molar-refractivity contribution >= 4 is 17.2 Å². The first kappa shape index (κ1) is 14.5. The molecule has 112 valence electrons. The predicted molar refractivity (Wildman–Crippen MR) is 86.3 cm³/mol. The fraction of sp³-hybridized carbons (Fsp3) is 0.188. The SMILES string of the molecule is Cc1cc(C(=O)NCc2ccncc2)c(C)n1-c1nccs1. The molecular weight excluding hydrogens is 296 g/mol. The van der Waals surface area contributed by atoms with Crippen LogP contribution in [-0.4, -0.2) is 20.4 Å². The molecule has 0 fully saturated rings. The van der Waals surface area contributed by atoms with E-state index in [-0.39, 0.29) is 5.91 Å². The van der Waals surface area contributed by atoms with Crippen molar-refractivity contribution in [1.82, 2.24) is 19.9 Å². The van der Waals surface area contributed by atoms with E-state index in [1.165, 1.54) is 0 Å². The molecule has 1 N–H and O–H groups in total. The minimum Gasteiger partial charge on any atom is -0.348 e. The molecule has 0 atom stereocenters. The zero-order chi connectivity index (χ0) is 15.5. The van der Waals surface area contributed by atoms with Crippen LogP contribution in [0.4, 0.5) is 0 Å². The van der Waals surface area contributed by atoms with Gasteiger partial charge in [-0.3, -0.25) is 14.3 Å². The van der Waals surface area contributed by atoms with Gasteiger partial charge in [-0.15, -0.1) is 11.3 Å². The van der Waals surface area contributed by atoms with Crippen LogP contribution >= 0.6 is 11.3 Å². The van der Waals surface area contributed by atoms with Crippen molar-refractivity contribution < 1.29 is 4.79 Å². The highest BCUT2D eigenvalue weighted by Crippen LogP contribution is 2.22. The van der Waals surface area contributed by atoms with Gasteiger partial charge in [0, 0.05) is 41.9 Å². The van der Waals surface area contributed by atoms with Crippen LogP contribution in [0.1, 0.15) is 27.3 Å². The van der Waals surface area contributed by atoms with Gasteiger partial charge in [-0.2, -0.15) is 0 Å². The molecular formula is C16H16N4OS. The molecule has 0 saturated carbocycles. The fourth-order valence-corrected chi connectivity index (χ4v) is 3.14. The van der Waals surface area contributed by atoms with Crippen molar-refractivity contribution in [2.24, 2.45) is 0 Å². The number of aryl methyl sites for hydroxylation is 1. The summed E-state index contributed by atoms with van der Waals surface area (Å²) in [7, 11) is 0. The Morgan fingerprint density at radius 2 is 2.05 bits per heavy atom. The van der Waals surface area contributed by atoms with Gasteiger partial charge in [0.1, 0.15) is 0 Å². The van der Waals surface area contributed by atoms with Gasteiger partial charge in [0.15, 0.2) is 5.13 Å². The van der Waals surface area contributed by atoms with Crippen molar-refractivity contribution in [3.8, 4) is 5.13 Å². The van der Waals surface area contributed by atoms with Crippen LogP contribution in [0, 0.1) is 13.8 Å². The van der Waals surface area contributed by atoms with E-state index >= 15 is 0 Å². The second-order valence-electron chi connectivity index (χ2n) is 4.97. The van der Waals surface area contributed by atoms with Gasteiger partial charge < -0.3 is 5.32 Å². The Labute approximate surface area is 132 Å². The number of rotatable bonds is 4. The third kappa shape index (κ3) is 2.78. The van der Waals surface area contributed by atoms with Crippen molar-refractivity contribution in [2.45, 2.75) is 20.4 Å². The van der Waals surface area contributed by atoms with Gasteiger partial charge in [-0.05, 0) is 37.6 Å². The van der Waals surface area contributed by atoms with Crippen molar-refractivity contribution in [2.75, 3.05) is 0 Å². The average molecular weight is 312 g/mol. The molecule has 6 heteroatoms. The Kier molecular flexibility index (Phi) is 4.02. The summed E-state index contributed by atoms with van der Waals surface area (Å²) in [5, 5.41) is 5.75. The highest BCUT2D eigenvalue weighted by Gasteiger charge is 2.17. The number of carbonyl (C=O) groups excluding carboxylic acids is 1. The van der Waals surface area contributed by atoms with E-state index in [9.17, 15) is 4.79 Å². The average Bonchev–Trinajstić information content (AvgIpc) is 3.14. The number of carbonyl (C=O) groups is 1. The predicted octanol–water partition coefficient (Wildman–Crippen LogP) is 2.88. The Balaban J connectivity index is 1.80. The summed E-state index contributed by atoms with van der Waals surface area (Å²) >= 11 is 1.55. The number of nitrogens with zero attached hydrogens (tertiary/aromatic N) is 3. The van der Waals surface area contributed by atoms with Crippen molar-refractivity contribution in [3.63, 3.8) is 0 Å². The summed E-state index contributed by atoms with van der Waals surface area (Å²) in [5.74, 6) is -0.0762. The minimum atomic E-state index is -0.0762. The quantitative estimate of drug-likeness (QED) is 0.806. The zero-order valence-electron chi connectivity index (χ0n) is 12.4. The molecule has 0 bridgehead atoms. The van der Waals surface area contributed by atoms with Gasteiger partial charge in [0.05, 0.1) is 5.56 Å². The topological polar surface area (TPSA) is 59.8 Å². The lowest BCUT2D eigenvalue weighted by molar-refractivity contribution is 0.0950. The van der Waals surface area contributed by atoms with Gasteiger partial charge >= 0.3 is 0 Å². The van der Waals surface area contributed by atoms with Crippen LogP contribution < -0.4 is 5.32 Å². The van der Waals surface area contributed by atoms with E-state index in [2.05, 4.69) is 15.3 Å². The molecule has 3 aromatic rings. The third-order valence-electron chi connectivity index (χ3n) is 3.49. The Hall–Kier alpha value is -2.47. The van der Waals surface area contributed by atoms with E-state index in [1.54, 1.807) is 29.9 Å². The largest absolute Gasteiger partial charge is 0.348 e. The molecule has 0 unspecified atom stereocenters. The van der Waals surface area contributed by atoms with Crippen LogP contribution in [0.5, 0.6) is 0 Å². The van der Waals surface area contributed by atoms with E-state index < -0.39 is 0 Å². The molecule has 5 nitrogen and oxygen atoms in total. The number of aromatic nitrogens is 3. The van der Waals surface area contributed by atoms with Gasteiger partial charge in [0.2, 0.25) is 0 Å². The molecule has 0 saturated heterocycles. The highest BCUT2D eigenvalue weighted by atomic mass is 32.1. The van der Waals surface area contributed by atoms with E-state index in [4.69, 9.17) is 0 Å². The summed E-state index contributed by atoms with van der Waals surface area (Å²) in [5.41, 5.74) is 3.61. The molecule has 3 heterocycles. The molecule has 3 rings (SSSR count). The normalized spacial score (nSPS) is 10.6. The van der Waals surface area contributed by atoms with Gasteiger partial charge in [-0.25, -0.2) is 4.98 Å². The second kappa shape index (κ2) is 6.11. The summed E-state index contributed by atoms with van der Waals surface area (Å²) in [6, 6.07) is 5.68. The first-order chi connectivity index (χ1) is 10.7. The number of nitrogens with one attached hydrogen (secondary N) is 1. The van der Waals surface area contributed by atoms with Crippen LogP contribution in [0.15, 0.2) is 42.2 Å². The molecule has 0 spiro atoms.